The number of halogens is 3. The van der Waals surface area contributed by atoms with Crippen molar-refractivity contribution >= 4 is 14.5 Å². The lowest BCUT2D eigenvalue weighted by Gasteiger charge is -2.17. The van der Waals surface area contributed by atoms with Gasteiger partial charge in [-0.2, -0.15) is 5.26 Å². The quantitative estimate of drug-likeness (QED) is 0.642. The van der Waals surface area contributed by atoms with E-state index in [0.29, 0.717) is 22.1 Å². The van der Waals surface area contributed by atoms with Crippen molar-refractivity contribution in [3.05, 3.63) is 87.2 Å². The Morgan fingerprint density at radius 3 is 2.33 bits per heavy atom. The average Bonchev–Trinajstić information content (AvgIpc) is 2.67. The minimum Gasteiger partial charge on any atom is -0.303 e. The van der Waals surface area contributed by atoms with Gasteiger partial charge in [-0.3, -0.25) is 4.79 Å². The molecular weight excluding hydrogens is 372 g/mol. The van der Waals surface area contributed by atoms with Gasteiger partial charge in [0.05, 0.1) is 12.2 Å². The van der Waals surface area contributed by atoms with Gasteiger partial charge in [-0.15, -0.1) is 9.24 Å². The lowest BCUT2D eigenvalue weighted by Crippen LogP contribution is -2.27. The van der Waals surface area contributed by atoms with Crippen LogP contribution in [0.4, 0.5) is 13.2 Å². The molecule has 0 spiro atoms. The van der Waals surface area contributed by atoms with Crippen LogP contribution < -0.4 is 10.9 Å². The van der Waals surface area contributed by atoms with Crippen molar-refractivity contribution in [1.29, 1.82) is 5.26 Å². The van der Waals surface area contributed by atoms with Gasteiger partial charge in [0.25, 0.3) is 5.56 Å². The van der Waals surface area contributed by atoms with E-state index in [0.717, 1.165) is 12.1 Å². The zero-order valence-corrected chi connectivity index (χ0v) is 15.2. The maximum Gasteiger partial charge on any atom is 0.269 e. The molecule has 0 amide bonds. The highest BCUT2D eigenvalue weighted by molar-refractivity contribution is 7.27. The van der Waals surface area contributed by atoms with Crippen molar-refractivity contribution in [2.75, 3.05) is 0 Å². The number of hydrogen-bond acceptors (Lipinski definition) is 2. The molecule has 0 radical (unpaired) electrons. The van der Waals surface area contributed by atoms with E-state index in [1.165, 1.54) is 10.6 Å². The van der Waals surface area contributed by atoms with Crippen LogP contribution in [0.1, 0.15) is 16.7 Å². The van der Waals surface area contributed by atoms with Crippen molar-refractivity contribution in [1.82, 2.24) is 4.57 Å². The number of pyridine rings is 1. The van der Waals surface area contributed by atoms with Crippen LogP contribution >= 0.6 is 9.24 Å². The first-order valence-corrected chi connectivity index (χ1v) is 8.55. The zero-order chi connectivity index (χ0) is 19.6. The summed E-state index contributed by atoms with van der Waals surface area (Å²) in [5, 5.41) is 9.66. The second kappa shape index (κ2) is 7.77. The average molecular weight is 386 g/mol. The Hall–Kier alpha value is -2.90. The molecule has 3 aromatic rings. The molecule has 0 aliphatic rings. The molecule has 27 heavy (non-hydrogen) atoms. The molecule has 0 aliphatic carbocycles. The van der Waals surface area contributed by atoms with Crippen LogP contribution in [0.3, 0.4) is 0 Å². The lowest BCUT2D eigenvalue weighted by atomic mass is 10.0. The fourth-order valence-corrected chi connectivity index (χ4v) is 3.16. The Labute approximate surface area is 155 Å². The van der Waals surface area contributed by atoms with E-state index in [1.807, 2.05) is 0 Å². The summed E-state index contributed by atoms with van der Waals surface area (Å²) < 4.78 is 41.7. The fraction of sp³-hybridized carbons (Fsp3) is 0.100. The molecule has 0 aliphatic heterocycles. The standard InChI is InChI=1S/C20H14F3N2OP/c21-9-13-7-18(12-4-2-1-3-5-12)25(20(26)15(13)10-24)11-14-6-16(22)17(23)8-19(14)27/h1-8H,9,11,27H2. The summed E-state index contributed by atoms with van der Waals surface area (Å²) in [5.41, 5.74) is 0.401. The number of rotatable bonds is 4. The summed E-state index contributed by atoms with van der Waals surface area (Å²) in [6.07, 6.45) is 0. The van der Waals surface area contributed by atoms with E-state index >= 15 is 0 Å². The summed E-state index contributed by atoms with van der Waals surface area (Å²) in [5.74, 6) is -2.03. The molecule has 136 valence electrons. The van der Waals surface area contributed by atoms with Gasteiger partial charge < -0.3 is 4.57 Å². The normalized spacial score (nSPS) is 10.6. The number of aromatic nitrogens is 1. The van der Waals surface area contributed by atoms with Gasteiger partial charge in [0, 0.05) is 5.56 Å². The van der Waals surface area contributed by atoms with Crippen molar-refractivity contribution < 1.29 is 13.2 Å². The summed E-state index contributed by atoms with van der Waals surface area (Å²) in [7, 11) is 2.30. The van der Waals surface area contributed by atoms with Crippen LogP contribution in [0.25, 0.3) is 11.3 Å². The van der Waals surface area contributed by atoms with Crippen molar-refractivity contribution in [2.24, 2.45) is 0 Å². The molecule has 1 heterocycles. The molecule has 2 aromatic carbocycles. The van der Waals surface area contributed by atoms with Gasteiger partial charge in [-0.05, 0) is 34.6 Å². The molecule has 3 rings (SSSR count). The van der Waals surface area contributed by atoms with Gasteiger partial charge in [0.15, 0.2) is 11.6 Å². The fourth-order valence-electron chi connectivity index (χ4n) is 2.84. The summed E-state index contributed by atoms with van der Waals surface area (Å²) in [6.45, 7) is -1.06. The van der Waals surface area contributed by atoms with E-state index in [2.05, 4.69) is 9.24 Å². The van der Waals surface area contributed by atoms with Crippen LogP contribution in [0, 0.1) is 23.0 Å². The first kappa shape index (κ1) is 18.9. The third-order valence-electron chi connectivity index (χ3n) is 4.22. The molecule has 7 heteroatoms. The highest BCUT2D eigenvalue weighted by atomic mass is 31.0. The second-order valence-electron chi connectivity index (χ2n) is 5.90. The topological polar surface area (TPSA) is 45.8 Å². The summed E-state index contributed by atoms with van der Waals surface area (Å²) >= 11 is 0. The molecule has 0 saturated heterocycles. The number of alkyl halides is 1. The van der Waals surface area contributed by atoms with E-state index in [1.54, 1.807) is 36.4 Å². The third-order valence-corrected chi connectivity index (χ3v) is 4.76. The van der Waals surface area contributed by atoms with E-state index in [-0.39, 0.29) is 17.7 Å². The van der Waals surface area contributed by atoms with Gasteiger partial charge in [-0.1, -0.05) is 30.3 Å². The molecule has 1 unspecified atom stereocenters. The SMILES string of the molecule is N#Cc1c(CF)cc(-c2ccccc2)n(Cc2cc(F)c(F)cc2P)c1=O. The Balaban J connectivity index is 2.26. The minimum atomic E-state index is -1.04. The minimum absolute atomic E-state index is 0.00557. The van der Waals surface area contributed by atoms with Gasteiger partial charge in [0.2, 0.25) is 0 Å². The molecule has 1 aromatic heterocycles. The van der Waals surface area contributed by atoms with Crippen LogP contribution in [0.15, 0.2) is 53.3 Å². The molecule has 0 saturated carbocycles. The Kier molecular flexibility index (Phi) is 5.43. The van der Waals surface area contributed by atoms with Crippen LogP contribution in [0.5, 0.6) is 0 Å². The van der Waals surface area contributed by atoms with E-state index in [4.69, 9.17) is 0 Å². The van der Waals surface area contributed by atoms with Crippen molar-refractivity contribution in [3.63, 3.8) is 0 Å². The van der Waals surface area contributed by atoms with E-state index < -0.39 is 23.9 Å². The lowest BCUT2D eigenvalue weighted by molar-refractivity contribution is 0.483. The Morgan fingerprint density at radius 2 is 1.70 bits per heavy atom. The monoisotopic (exact) mass is 386 g/mol. The van der Waals surface area contributed by atoms with Crippen molar-refractivity contribution in [3.8, 4) is 17.3 Å². The van der Waals surface area contributed by atoms with Crippen LogP contribution in [-0.2, 0) is 13.2 Å². The van der Waals surface area contributed by atoms with Gasteiger partial charge >= 0.3 is 0 Å². The predicted molar refractivity (Wildman–Crippen MR) is 100 cm³/mol. The molecular formula is C20H14F3N2OP. The Bertz CT molecular complexity index is 1100. The Morgan fingerprint density at radius 1 is 1.04 bits per heavy atom. The number of hydrogen-bond donors (Lipinski definition) is 0. The maximum absolute atomic E-state index is 13.7. The largest absolute Gasteiger partial charge is 0.303 e. The number of nitriles is 1. The van der Waals surface area contributed by atoms with Gasteiger partial charge in [-0.25, -0.2) is 13.2 Å². The third kappa shape index (κ3) is 3.65. The highest BCUT2D eigenvalue weighted by Crippen LogP contribution is 2.22. The first-order chi connectivity index (χ1) is 13.0. The highest BCUT2D eigenvalue weighted by Gasteiger charge is 2.17. The molecule has 0 N–H and O–H groups in total. The second-order valence-corrected chi connectivity index (χ2v) is 6.52. The summed E-state index contributed by atoms with van der Waals surface area (Å²) in [6, 6.07) is 14.0. The summed E-state index contributed by atoms with van der Waals surface area (Å²) in [4.78, 5) is 12.8. The van der Waals surface area contributed by atoms with Gasteiger partial charge in [0.1, 0.15) is 18.3 Å². The molecule has 0 bridgehead atoms. The number of benzene rings is 2. The zero-order valence-electron chi connectivity index (χ0n) is 14.0. The van der Waals surface area contributed by atoms with Crippen LogP contribution in [0.2, 0.25) is 0 Å². The predicted octanol–water partition coefficient (Wildman–Crippen LogP) is 3.68. The number of nitrogens with zero attached hydrogens (tertiary/aromatic N) is 2. The molecule has 3 nitrogen and oxygen atoms in total. The molecule has 1 atom stereocenters. The smallest absolute Gasteiger partial charge is 0.269 e. The molecule has 0 fully saturated rings. The first-order valence-electron chi connectivity index (χ1n) is 7.97. The van der Waals surface area contributed by atoms with E-state index in [9.17, 15) is 23.2 Å². The van der Waals surface area contributed by atoms with Crippen LogP contribution in [-0.4, -0.2) is 4.57 Å². The van der Waals surface area contributed by atoms with Crippen molar-refractivity contribution in [2.45, 2.75) is 13.2 Å². The maximum atomic E-state index is 13.7.